The van der Waals surface area contributed by atoms with Crippen molar-refractivity contribution in [2.24, 2.45) is 0 Å². The summed E-state index contributed by atoms with van der Waals surface area (Å²) in [5, 5.41) is 0. The summed E-state index contributed by atoms with van der Waals surface area (Å²) in [4.78, 5) is 2.45. The highest BCUT2D eigenvalue weighted by Crippen LogP contribution is 2.41. The van der Waals surface area contributed by atoms with E-state index in [0.717, 1.165) is 31.9 Å². The molecule has 22 heavy (non-hydrogen) atoms. The summed E-state index contributed by atoms with van der Waals surface area (Å²) in [5.74, 6) is 1.02. The average Bonchev–Trinajstić information content (AvgIpc) is 2.68. The van der Waals surface area contributed by atoms with Crippen molar-refractivity contribution in [3.8, 4) is 5.75 Å². The Balaban J connectivity index is 1.77. The standard InChI is InChI=1S/C17H24BNO3/c1-16(2)17(3,4)22-18(21-16)13-7-8-14-15-12(13)6-5-9-19(15)10-11-20-14/h7-8H,5-6,9-11H2,1-4H3. The van der Waals surface area contributed by atoms with Gasteiger partial charge in [0.1, 0.15) is 12.4 Å². The Morgan fingerprint density at radius 2 is 1.77 bits per heavy atom. The number of ether oxygens (including phenoxy) is 1. The van der Waals surface area contributed by atoms with Crippen molar-refractivity contribution in [1.82, 2.24) is 0 Å². The average molecular weight is 301 g/mol. The van der Waals surface area contributed by atoms with Crippen LogP contribution in [-0.4, -0.2) is 38.0 Å². The molecule has 4 rings (SSSR count). The molecule has 3 aliphatic rings. The van der Waals surface area contributed by atoms with Gasteiger partial charge in [0.15, 0.2) is 0 Å². The Kier molecular flexibility index (Phi) is 3.04. The predicted octanol–water partition coefficient (Wildman–Crippen LogP) is 2.13. The Labute approximate surface area is 132 Å². The molecule has 3 aliphatic heterocycles. The number of hydrogen-bond donors (Lipinski definition) is 0. The van der Waals surface area contributed by atoms with Crippen molar-refractivity contribution in [3.05, 3.63) is 17.7 Å². The third-order valence-corrected chi connectivity index (χ3v) is 5.58. The van der Waals surface area contributed by atoms with E-state index in [2.05, 4.69) is 44.7 Å². The number of benzene rings is 1. The summed E-state index contributed by atoms with van der Waals surface area (Å²) < 4.78 is 18.4. The maximum atomic E-state index is 6.26. The zero-order valence-corrected chi connectivity index (χ0v) is 13.9. The summed E-state index contributed by atoms with van der Waals surface area (Å²) in [6, 6.07) is 4.21. The van der Waals surface area contributed by atoms with Gasteiger partial charge in [-0.15, -0.1) is 0 Å². The molecule has 0 bridgehead atoms. The molecule has 0 amide bonds. The molecule has 5 heteroatoms. The van der Waals surface area contributed by atoms with Gasteiger partial charge in [0.25, 0.3) is 0 Å². The summed E-state index contributed by atoms with van der Waals surface area (Å²) in [5.41, 5.74) is 3.19. The van der Waals surface area contributed by atoms with Crippen molar-refractivity contribution in [3.63, 3.8) is 0 Å². The lowest BCUT2D eigenvalue weighted by Crippen LogP contribution is -2.43. The van der Waals surface area contributed by atoms with E-state index < -0.39 is 0 Å². The van der Waals surface area contributed by atoms with Crippen molar-refractivity contribution < 1.29 is 14.0 Å². The quantitative estimate of drug-likeness (QED) is 0.744. The van der Waals surface area contributed by atoms with Crippen molar-refractivity contribution in [1.29, 1.82) is 0 Å². The first-order valence-electron chi connectivity index (χ1n) is 8.28. The molecule has 0 aromatic heterocycles. The highest BCUT2D eigenvalue weighted by Gasteiger charge is 2.52. The van der Waals surface area contributed by atoms with Gasteiger partial charge in [0.05, 0.1) is 23.4 Å². The summed E-state index contributed by atoms with van der Waals surface area (Å²) >= 11 is 0. The van der Waals surface area contributed by atoms with E-state index >= 15 is 0 Å². The first-order chi connectivity index (χ1) is 10.4. The molecule has 0 radical (unpaired) electrons. The largest absolute Gasteiger partial charge is 0.495 e. The molecule has 0 spiro atoms. The smallest absolute Gasteiger partial charge is 0.490 e. The second kappa shape index (κ2) is 4.65. The molecular formula is C17H24BNO3. The Morgan fingerprint density at radius 1 is 1.05 bits per heavy atom. The number of rotatable bonds is 1. The predicted molar refractivity (Wildman–Crippen MR) is 88.2 cm³/mol. The number of hydrogen-bond acceptors (Lipinski definition) is 4. The molecule has 0 unspecified atom stereocenters. The molecule has 3 heterocycles. The molecule has 1 fully saturated rings. The van der Waals surface area contributed by atoms with Crippen LogP contribution in [0.2, 0.25) is 0 Å². The van der Waals surface area contributed by atoms with E-state index in [1.54, 1.807) is 0 Å². The maximum absolute atomic E-state index is 6.26. The van der Waals surface area contributed by atoms with Crippen molar-refractivity contribution in [2.45, 2.75) is 51.7 Å². The minimum absolute atomic E-state index is 0.285. The third-order valence-electron chi connectivity index (χ3n) is 5.58. The van der Waals surface area contributed by atoms with Gasteiger partial charge in [0, 0.05) is 6.54 Å². The Morgan fingerprint density at radius 3 is 2.50 bits per heavy atom. The fourth-order valence-corrected chi connectivity index (χ4v) is 3.60. The van der Waals surface area contributed by atoms with Crippen LogP contribution in [0.25, 0.3) is 0 Å². The summed E-state index contributed by atoms with van der Waals surface area (Å²) in [7, 11) is -0.285. The van der Waals surface area contributed by atoms with Gasteiger partial charge in [-0.1, -0.05) is 6.07 Å². The second-order valence-corrected chi connectivity index (χ2v) is 7.51. The molecule has 1 aromatic carbocycles. The van der Waals surface area contributed by atoms with E-state index in [9.17, 15) is 0 Å². The SMILES string of the molecule is CC1(C)OB(c2ccc3c4c2CCCN4CCO3)OC1(C)C. The highest BCUT2D eigenvalue weighted by molar-refractivity contribution is 6.63. The molecule has 1 saturated heterocycles. The monoisotopic (exact) mass is 301 g/mol. The van der Waals surface area contributed by atoms with E-state index in [4.69, 9.17) is 14.0 Å². The molecule has 1 aromatic rings. The van der Waals surface area contributed by atoms with Crippen LogP contribution in [0.15, 0.2) is 12.1 Å². The van der Waals surface area contributed by atoms with Gasteiger partial charge in [-0.2, -0.15) is 0 Å². The fraction of sp³-hybridized carbons (Fsp3) is 0.647. The summed E-state index contributed by atoms with van der Waals surface area (Å²) in [6.07, 6.45) is 2.26. The first kappa shape index (κ1) is 14.4. The minimum atomic E-state index is -0.300. The molecule has 0 N–H and O–H groups in total. The Bertz CT molecular complexity index is 596. The second-order valence-electron chi connectivity index (χ2n) is 7.51. The van der Waals surface area contributed by atoms with Gasteiger partial charge in [-0.25, -0.2) is 0 Å². The first-order valence-corrected chi connectivity index (χ1v) is 8.28. The van der Waals surface area contributed by atoms with E-state index in [1.807, 2.05) is 0 Å². The third kappa shape index (κ3) is 1.98. The lowest BCUT2D eigenvalue weighted by Gasteiger charge is -2.37. The minimum Gasteiger partial charge on any atom is -0.490 e. The van der Waals surface area contributed by atoms with E-state index in [1.165, 1.54) is 23.1 Å². The van der Waals surface area contributed by atoms with E-state index in [0.29, 0.717) is 0 Å². The molecular weight excluding hydrogens is 277 g/mol. The fourth-order valence-electron chi connectivity index (χ4n) is 3.60. The maximum Gasteiger partial charge on any atom is 0.495 e. The van der Waals surface area contributed by atoms with Crippen LogP contribution >= 0.6 is 0 Å². The Hall–Kier alpha value is -1.20. The van der Waals surface area contributed by atoms with Gasteiger partial charge in [-0.05, 0) is 57.6 Å². The highest BCUT2D eigenvalue weighted by atomic mass is 16.7. The molecule has 118 valence electrons. The van der Waals surface area contributed by atoms with Crippen LogP contribution in [-0.2, 0) is 15.7 Å². The normalized spacial score (nSPS) is 24.9. The van der Waals surface area contributed by atoms with Crippen LogP contribution in [0.1, 0.15) is 39.7 Å². The van der Waals surface area contributed by atoms with Gasteiger partial charge >= 0.3 is 7.12 Å². The number of nitrogens with zero attached hydrogens (tertiary/aromatic N) is 1. The van der Waals surface area contributed by atoms with Crippen LogP contribution in [0, 0.1) is 0 Å². The molecule has 0 saturated carbocycles. The zero-order chi connectivity index (χ0) is 15.5. The lowest BCUT2D eigenvalue weighted by atomic mass is 9.73. The number of anilines is 1. The van der Waals surface area contributed by atoms with Gasteiger partial charge in [0.2, 0.25) is 0 Å². The van der Waals surface area contributed by atoms with Crippen molar-refractivity contribution in [2.75, 3.05) is 24.6 Å². The van der Waals surface area contributed by atoms with Crippen LogP contribution in [0.4, 0.5) is 5.69 Å². The van der Waals surface area contributed by atoms with Crippen molar-refractivity contribution >= 4 is 18.3 Å². The van der Waals surface area contributed by atoms with Gasteiger partial charge in [-0.3, -0.25) is 0 Å². The van der Waals surface area contributed by atoms with Crippen LogP contribution in [0.3, 0.4) is 0 Å². The van der Waals surface area contributed by atoms with Crippen LogP contribution < -0.4 is 15.1 Å². The topological polar surface area (TPSA) is 30.9 Å². The summed E-state index contributed by atoms with van der Waals surface area (Å²) in [6.45, 7) is 11.3. The molecule has 4 nitrogen and oxygen atoms in total. The molecule has 0 atom stereocenters. The van der Waals surface area contributed by atoms with E-state index in [-0.39, 0.29) is 18.3 Å². The van der Waals surface area contributed by atoms with Crippen LogP contribution in [0.5, 0.6) is 5.75 Å². The zero-order valence-electron chi connectivity index (χ0n) is 13.9. The lowest BCUT2D eigenvalue weighted by molar-refractivity contribution is 0.00578. The van der Waals surface area contributed by atoms with Gasteiger partial charge < -0.3 is 18.9 Å². The molecule has 0 aliphatic carbocycles.